The zero-order valence-corrected chi connectivity index (χ0v) is 25.1. The smallest absolute Gasteiger partial charge is 0.319 e. The number of rotatable bonds is 6. The minimum atomic E-state index is -0.377. The second kappa shape index (κ2) is 11.1. The number of anilines is 1. The molecule has 7 nitrogen and oxygen atoms in total. The van der Waals surface area contributed by atoms with Crippen LogP contribution in [-0.4, -0.2) is 76.6 Å². The summed E-state index contributed by atoms with van der Waals surface area (Å²) >= 11 is 6.63. The molecule has 3 fully saturated rings. The summed E-state index contributed by atoms with van der Waals surface area (Å²) < 4.78 is 22.5. The van der Waals surface area contributed by atoms with Crippen LogP contribution >= 0.6 is 11.6 Å². The third-order valence-electron chi connectivity index (χ3n) is 9.55. The molecular formula is C34H35ClFN5O2. The summed E-state index contributed by atoms with van der Waals surface area (Å²) in [6, 6.07) is 15.0. The second-order valence-corrected chi connectivity index (χ2v) is 12.5. The van der Waals surface area contributed by atoms with Crippen molar-refractivity contribution in [2.45, 2.75) is 44.2 Å². The van der Waals surface area contributed by atoms with Crippen LogP contribution in [0.5, 0.6) is 6.01 Å². The molecule has 43 heavy (non-hydrogen) atoms. The molecule has 3 aromatic carbocycles. The van der Waals surface area contributed by atoms with Crippen molar-refractivity contribution in [3.63, 3.8) is 0 Å². The normalized spacial score (nSPS) is 20.1. The number of benzene rings is 3. The molecular weight excluding hydrogens is 565 g/mol. The molecule has 7 rings (SSSR count). The van der Waals surface area contributed by atoms with Crippen molar-refractivity contribution in [2.24, 2.45) is 0 Å². The fourth-order valence-corrected chi connectivity index (χ4v) is 7.67. The number of ether oxygens (including phenoxy) is 1. The van der Waals surface area contributed by atoms with Gasteiger partial charge in [-0.1, -0.05) is 48.5 Å². The Kier molecular flexibility index (Phi) is 7.22. The molecule has 0 aliphatic carbocycles. The molecule has 0 radical (unpaired) electrons. The van der Waals surface area contributed by atoms with Crippen LogP contribution in [0.25, 0.3) is 32.8 Å². The van der Waals surface area contributed by atoms with Gasteiger partial charge in [-0.05, 0) is 80.9 Å². The van der Waals surface area contributed by atoms with Crippen molar-refractivity contribution in [3.05, 3.63) is 72.0 Å². The van der Waals surface area contributed by atoms with Crippen LogP contribution in [-0.2, 0) is 4.79 Å². The van der Waals surface area contributed by atoms with Crippen LogP contribution in [0, 0.1) is 5.82 Å². The monoisotopic (exact) mass is 599 g/mol. The van der Waals surface area contributed by atoms with E-state index in [4.69, 9.17) is 26.3 Å². The average Bonchev–Trinajstić information content (AvgIpc) is 3.60. The van der Waals surface area contributed by atoms with Crippen molar-refractivity contribution < 1.29 is 13.9 Å². The van der Waals surface area contributed by atoms with Gasteiger partial charge in [0.05, 0.1) is 11.1 Å². The van der Waals surface area contributed by atoms with E-state index < -0.39 is 0 Å². The van der Waals surface area contributed by atoms with Crippen LogP contribution in [0.3, 0.4) is 0 Å². The number of aromatic nitrogens is 2. The lowest BCUT2D eigenvalue weighted by molar-refractivity contribution is -0.126. The highest BCUT2D eigenvalue weighted by molar-refractivity contribution is 6.36. The summed E-state index contributed by atoms with van der Waals surface area (Å²) in [5, 5.41) is 2.91. The van der Waals surface area contributed by atoms with Gasteiger partial charge >= 0.3 is 6.01 Å². The third-order valence-corrected chi connectivity index (χ3v) is 9.87. The molecule has 3 aliphatic heterocycles. The number of fused-ring (bicyclic) bond motifs is 3. The first kappa shape index (κ1) is 28.0. The molecule has 1 aromatic heterocycles. The van der Waals surface area contributed by atoms with Crippen LogP contribution in [0.4, 0.5) is 10.2 Å². The molecule has 0 spiro atoms. The fraction of sp³-hybridized carbons (Fsp3) is 0.382. The van der Waals surface area contributed by atoms with E-state index in [2.05, 4.69) is 16.4 Å². The van der Waals surface area contributed by atoms with Gasteiger partial charge in [0.2, 0.25) is 5.91 Å². The number of halogens is 2. The maximum Gasteiger partial charge on any atom is 0.319 e. The lowest BCUT2D eigenvalue weighted by atomic mass is 9.95. The zero-order chi connectivity index (χ0) is 29.7. The van der Waals surface area contributed by atoms with Gasteiger partial charge in [-0.3, -0.25) is 9.69 Å². The Morgan fingerprint density at radius 1 is 1.09 bits per heavy atom. The van der Waals surface area contributed by atoms with Gasteiger partial charge in [-0.15, -0.1) is 0 Å². The van der Waals surface area contributed by atoms with Crippen LogP contribution in [0.1, 0.15) is 32.6 Å². The standard InChI is InChI=1S/C34H35ClFN5O2/c1-3-30(42)39-16-17-41(22(2)20-39)32-26-18-28(36)25(24-10-4-8-23-9-5-11-27(35)31(23)24)19-29(26)37-33(38-32)43-21-34-12-6-14-40(34)15-7-13-34/h3-5,8-11,18-19,22H,1,6-7,12-17,20-21H2,2H3/t22-/m0/s1. The summed E-state index contributed by atoms with van der Waals surface area (Å²) in [5.74, 6) is 0.147. The molecule has 3 aliphatic rings. The van der Waals surface area contributed by atoms with Gasteiger partial charge < -0.3 is 14.5 Å². The van der Waals surface area contributed by atoms with Crippen molar-refractivity contribution in [2.75, 3.05) is 44.2 Å². The number of nitrogens with zero attached hydrogens (tertiary/aromatic N) is 5. The third kappa shape index (κ3) is 4.90. The number of hydrogen-bond acceptors (Lipinski definition) is 6. The number of piperazine rings is 1. The second-order valence-electron chi connectivity index (χ2n) is 12.1. The van der Waals surface area contributed by atoms with E-state index in [-0.39, 0.29) is 23.3 Å². The average molecular weight is 600 g/mol. The molecule has 0 bridgehead atoms. The molecule has 1 atom stereocenters. The lowest BCUT2D eigenvalue weighted by Crippen LogP contribution is -2.53. The Labute approximate surface area is 255 Å². The van der Waals surface area contributed by atoms with Gasteiger partial charge in [-0.25, -0.2) is 4.39 Å². The van der Waals surface area contributed by atoms with Crippen LogP contribution < -0.4 is 9.64 Å². The maximum atomic E-state index is 16.1. The van der Waals surface area contributed by atoms with Gasteiger partial charge in [0, 0.05) is 47.0 Å². The van der Waals surface area contributed by atoms with Crippen LogP contribution in [0.2, 0.25) is 5.02 Å². The summed E-state index contributed by atoms with van der Waals surface area (Å²) in [6.07, 6.45) is 5.92. The first-order valence-electron chi connectivity index (χ1n) is 15.1. The molecule has 0 unspecified atom stereocenters. The first-order chi connectivity index (χ1) is 20.9. The molecule has 4 heterocycles. The highest BCUT2D eigenvalue weighted by Gasteiger charge is 2.45. The molecule has 4 aromatic rings. The number of carbonyl (C=O) groups is 1. The van der Waals surface area contributed by atoms with E-state index in [1.807, 2.05) is 43.3 Å². The summed E-state index contributed by atoms with van der Waals surface area (Å²) in [7, 11) is 0. The Morgan fingerprint density at radius 2 is 1.86 bits per heavy atom. The number of carbonyl (C=O) groups excluding carboxylic acids is 1. The van der Waals surface area contributed by atoms with Crippen molar-refractivity contribution in [1.82, 2.24) is 19.8 Å². The summed E-state index contributed by atoms with van der Waals surface area (Å²) in [6.45, 7) is 10.0. The molecule has 1 amide bonds. The maximum absolute atomic E-state index is 16.1. The van der Waals surface area contributed by atoms with E-state index in [0.29, 0.717) is 65.1 Å². The molecule has 0 N–H and O–H groups in total. The lowest BCUT2D eigenvalue weighted by Gasteiger charge is -2.40. The Bertz CT molecular complexity index is 1730. The SMILES string of the molecule is C=CC(=O)N1CCN(c2nc(OCC34CCCN3CCC4)nc3cc(-c4cccc5cccc(Cl)c45)c(F)cc23)[C@@H](C)C1. The Morgan fingerprint density at radius 3 is 2.60 bits per heavy atom. The minimum absolute atomic E-state index is 0.0378. The topological polar surface area (TPSA) is 61.8 Å². The highest BCUT2D eigenvalue weighted by atomic mass is 35.5. The summed E-state index contributed by atoms with van der Waals surface area (Å²) in [5.41, 5.74) is 1.77. The zero-order valence-electron chi connectivity index (χ0n) is 24.4. The number of hydrogen-bond donors (Lipinski definition) is 0. The van der Waals surface area contributed by atoms with Gasteiger partial charge in [0.15, 0.2) is 0 Å². The Hall–Kier alpha value is -3.75. The van der Waals surface area contributed by atoms with Gasteiger partial charge in [0.1, 0.15) is 18.2 Å². The fourth-order valence-electron chi connectivity index (χ4n) is 7.38. The molecule has 3 saturated heterocycles. The predicted molar refractivity (Wildman–Crippen MR) is 169 cm³/mol. The van der Waals surface area contributed by atoms with E-state index in [9.17, 15) is 4.79 Å². The first-order valence-corrected chi connectivity index (χ1v) is 15.5. The van der Waals surface area contributed by atoms with Crippen molar-refractivity contribution in [3.8, 4) is 17.1 Å². The molecule has 9 heteroatoms. The quantitative estimate of drug-likeness (QED) is 0.237. The van der Waals surface area contributed by atoms with Gasteiger partial charge in [0.25, 0.3) is 0 Å². The highest BCUT2D eigenvalue weighted by Crippen LogP contribution is 2.41. The molecule has 0 saturated carbocycles. The van der Waals surface area contributed by atoms with E-state index in [0.717, 1.165) is 36.7 Å². The van der Waals surface area contributed by atoms with Gasteiger partial charge in [-0.2, -0.15) is 9.97 Å². The van der Waals surface area contributed by atoms with E-state index in [1.54, 1.807) is 11.0 Å². The van der Waals surface area contributed by atoms with Crippen molar-refractivity contribution in [1.29, 1.82) is 0 Å². The summed E-state index contributed by atoms with van der Waals surface area (Å²) in [4.78, 5) is 28.6. The predicted octanol–water partition coefficient (Wildman–Crippen LogP) is 6.47. The minimum Gasteiger partial charge on any atom is -0.461 e. The molecule has 222 valence electrons. The van der Waals surface area contributed by atoms with E-state index in [1.165, 1.54) is 25.0 Å². The number of amides is 1. The van der Waals surface area contributed by atoms with Crippen LogP contribution in [0.15, 0.2) is 61.2 Å². The Balaban J connectivity index is 1.33. The van der Waals surface area contributed by atoms with E-state index >= 15 is 4.39 Å². The van der Waals surface area contributed by atoms with Crippen molar-refractivity contribution >= 4 is 45.0 Å². The largest absolute Gasteiger partial charge is 0.461 e.